The molecule has 0 bridgehead atoms. The van der Waals surface area contributed by atoms with E-state index in [1.165, 1.54) is 0 Å². The van der Waals surface area contributed by atoms with E-state index < -0.39 is 11.3 Å². The molecule has 0 aromatic carbocycles. The first-order chi connectivity index (χ1) is 12.9. The Bertz CT molecular complexity index is 846. The molecule has 7 nitrogen and oxygen atoms in total. The van der Waals surface area contributed by atoms with Crippen LogP contribution in [0.15, 0.2) is 22.7 Å². The van der Waals surface area contributed by atoms with Gasteiger partial charge in [-0.1, -0.05) is 0 Å². The minimum Gasteiger partial charge on any atom is -0.419 e. The lowest BCUT2D eigenvalue weighted by atomic mass is 9.89. The molecule has 3 heterocycles. The van der Waals surface area contributed by atoms with Crippen molar-refractivity contribution >= 4 is 11.7 Å². The molecular formula is C18H21F2N5O2. The van der Waals surface area contributed by atoms with E-state index in [0.29, 0.717) is 37.2 Å². The number of carbonyl (C=O) groups excluding carboxylic acids is 1. The largest absolute Gasteiger partial charge is 0.419 e. The number of hydrogen-bond donors (Lipinski definition) is 2. The summed E-state index contributed by atoms with van der Waals surface area (Å²) in [6.45, 7) is 2.34. The van der Waals surface area contributed by atoms with Crippen LogP contribution in [-0.4, -0.2) is 39.6 Å². The number of alkyl halides is 2. The monoisotopic (exact) mass is 377 g/mol. The van der Waals surface area contributed by atoms with Crippen molar-refractivity contribution < 1.29 is 18.0 Å². The number of aromatic nitrogens is 3. The van der Waals surface area contributed by atoms with E-state index in [-0.39, 0.29) is 36.6 Å². The van der Waals surface area contributed by atoms with Gasteiger partial charge in [0.05, 0.1) is 5.56 Å². The molecule has 9 heteroatoms. The number of nitrogens with zero attached hydrogens (tertiary/aromatic N) is 3. The van der Waals surface area contributed by atoms with Crippen molar-refractivity contribution in [2.45, 2.75) is 56.4 Å². The van der Waals surface area contributed by atoms with Crippen LogP contribution in [0.25, 0.3) is 11.5 Å². The average Bonchev–Trinajstić information content (AvgIpc) is 3.26. The minimum atomic E-state index is -2.58. The van der Waals surface area contributed by atoms with Crippen molar-refractivity contribution in [1.82, 2.24) is 20.5 Å². The van der Waals surface area contributed by atoms with Crippen molar-refractivity contribution in [2.24, 2.45) is 0 Å². The summed E-state index contributed by atoms with van der Waals surface area (Å²) in [5.74, 6) is -1.68. The molecule has 1 saturated heterocycles. The van der Waals surface area contributed by atoms with Crippen LogP contribution in [0.2, 0.25) is 0 Å². The van der Waals surface area contributed by atoms with Crippen LogP contribution in [0.3, 0.4) is 0 Å². The van der Waals surface area contributed by atoms with E-state index in [1.54, 1.807) is 25.3 Å². The van der Waals surface area contributed by atoms with Gasteiger partial charge in [-0.05, 0) is 38.3 Å². The first kappa shape index (κ1) is 17.8. The molecule has 1 aliphatic carbocycles. The second kappa shape index (κ2) is 6.54. The second-order valence-electron chi connectivity index (χ2n) is 7.42. The maximum Gasteiger partial charge on any atom is 0.251 e. The number of pyridine rings is 1. The number of nitrogens with one attached hydrogen (secondary N) is 2. The van der Waals surface area contributed by atoms with Gasteiger partial charge in [0.15, 0.2) is 0 Å². The summed E-state index contributed by atoms with van der Waals surface area (Å²) in [4.78, 5) is 16.4. The molecule has 0 unspecified atom stereocenters. The zero-order valence-electron chi connectivity index (χ0n) is 15.0. The minimum absolute atomic E-state index is 0.0844. The van der Waals surface area contributed by atoms with Crippen molar-refractivity contribution in [1.29, 1.82) is 0 Å². The maximum atomic E-state index is 13.4. The Morgan fingerprint density at radius 2 is 2.04 bits per heavy atom. The van der Waals surface area contributed by atoms with Crippen LogP contribution in [0.1, 0.15) is 44.9 Å². The van der Waals surface area contributed by atoms with Crippen molar-refractivity contribution in [3.8, 4) is 11.5 Å². The number of anilines is 1. The second-order valence-corrected chi connectivity index (χ2v) is 7.42. The Kier molecular flexibility index (Phi) is 4.32. The first-order valence-electron chi connectivity index (χ1n) is 9.09. The van der Waals surface area contributed by atoms with Gasteiger partial charge in [0.25, 0.3) is 5.89 Å². The lowest BCUT2D eigenvalue weighted by Crippen LogP contribution is -2.32. The molecule has 1 amide bonds. The number of rotatable bonds is 4. The number of halogens is 2. The van der Waals surface area contributed by atoms with E-state index in [4.69, 9.17) is 4.42 Å². The summed E-state index contributed by atoms with van der Waals surface area (Å²) in [5.41, 5.74) is -0.244. The van der Waals surface area contributed by atoms with Gasteiger partial charge in [0, 0.05) is 31.6 Å². The molecule has 0 radical (unpaired) electrons. The number of amides is 1. The Hall–Kier alpha value is -2.58. The predicted octanol–water partition coefficient (Wildman–Crippen LogP) is 2.90. The molecule has 27 heavy (non-hydrogen) atoms. The summed E-state index contributed by atoms with van der Waals surface area (Å²) in [6.07, 6.45) is 2.68. The van der Waals surface area contributed by atoms with Gasteiger partial charge in [0.1, 0.15) is 11.2 Å². The van der Waals surface area contributed by atoms with Gasteiger partial charge in [-0.15, -0.1) is 10.2 Å². The van der Waals surface area contributed by atoms with E-state index in [2.05, 4.69) is 25.8 Å². The van der Waals surface area contributed by atoms with Crippen LogP contribution in [-0.2, 0) is 10.2 Å². The highest BCUT2D eigenvalue weighted by Crippen LogP contribution is 2.36. The zero-order valence-corrected chi connectivity index (χ0v) is 15.0. The van der Waals surface area contributed by atoms with Crippen LogP contribution in [0.5, 0.6) is 0 Å². The summed E-state index contributed by atoms with van der Waals surface area (Å²) in [5, 5.41) is 14.2. The molecule has 1 aliphatic heterocycles. The van der Waals surface area contributed by atoms with Crippen LogP contribution >= 0.6 is 0 Å². The molecule has 2 N–H and O–H groups in total. The molecule has 1 atom stereocenters. The van der Waals surface area contributed by atoms with Crippen LogP contribution in [0.4, 0.5) is 14.6 Å². The molecule has 2 aromatic heterocycles. The third-order valence-electron chi connectivity index (χ3n) is 5.40. The smallest absolute Gasteiger partial charge is 0.251 e. The standard InChI is InChI=1S/C18H21F2N5O2/c1-17(8-10-22-15(17)26)16-25-24-14(27-16)12-3-2-9-21-13(12)23-11-4-6-18(19,20)7-5-11/h2-3,9,11H,4-8,10H2,1H3,(H,21,23)(H,22,26)/t17-/m1/s1. The van der Waals surface area contributed by atoms with Gasteiger partial charge in [0.2, 0.25) is 17.7 Å². The topological polar surface area (TPSA) is 92.9 Å². The first-order valence-corrected chi connectivity index (χ1v) is 9.09. The molecule has 144 valence electrons. The fourth-order valence-corrected chi connectivity index (χ4v) is 3.56. The fourth-order valence-electron chi connectivity index (χ4n) is 3.56. The van der Waals surface area contributed by atoms with Crippen LogP contribution in [0, 0.1) is 0 Å². The van der Waals surface area contributed by atoms with Crippen LogP contribution < -0.4 is 10.6 Å². The molecule has 1 saturated carbocycles. The summed E-state index contributed by atoms with van der Waals surface area (Å²) < 4.78 is 32.5. The highest BCUT2D eigenvalue weighted by atomic mass is 19.3. The summed E-state index contributed by atoms with van der Waals surface area (Å²) in [7, 11) is 0. The van der Waals surface area contributed by atoms with Crippen molar-refractivity contribution in [3.63, 3.8) is 0 Å². The Labute approximate surface area is 155 Å². The predicted molar refractivity (Wildman–Crippen MR) is 93.3 cm³/mol. The van der Waals surface area contributed by atoms with Crippen molar-refractivity contribution in [2.75, 3.05) is 11.9 Å². The third-order valence-corrected chi connectivity index (χ3v) is 5.40. The summed E-state index contributed by atoms with van der Waals surface area (Å²) >= 11 is 0. The Morgan fingerprint density at radius 1 is 1.26 bits per heavy atom. The SMILES string of the molecule is C[C@@]1(c2nnc(-c3cccnc3NC3CCC(F)(F)CC3)o2)CCNC1=O. The fraction of sp³-hybridized carbons (Fsp3) is 0.556. The molecule has 0 spiro atoms. The van der Waals surface area contributed by atoms with Gasteiger partial charge >= 0.3 is 0 Å². The van der Waals surface area contributed by atoms with Gasteiger partial charge in [-0.2, -0.15) is 0 Å². The number of hydrogen-bond acceptors (Lipinski definition) is 6. The van der Waals surface area contributed by atoms with E-state index in [9.17, 15) is 13.6 Å². The van der Waals surface area contributed by atoms with Gasteiger partial charge in [-0.3, -0.25) is 4.79 Å². The van der Waals surface area contributed by atoms with Gasteiger partial charge < -0.3 is 15.1 Å². The summed E-state index contributed by atoms with van der Waals surface area (Å²) in [6, 6.07) is 3.43. The van der Waals surface area contributed by atoms with Gasteiger partial charge in [-0.25, -0.2) is 13.8 Å². The molecular weight excluding hydrogens is 356 g/mol. The van der Waals surface area contributed by atoms with E-state index >= 15 is 0 Å². The molecule has 4 rings (SSSR count). The maximum absolute atomic E-state index is 13.4. The quantitative estimate of drug-likeness (QED) is 0.851. The average molecular weight is 377 g/mol. The molecule has 2 aromatic rings. The van der Waals surface area contributed by atoms with E-state index in [1.807, 2.05) is 0 Å². The van der Waals surface area contributed by atoms with E-state index in [0.717, 1.165) is 0 Å². The molecule has 2 fully saturated rings. The lowest BCUT2D eigenvalue weighted by Gasteiger charge is -2.29. The van der Waals surface area contributed by atoms with Crippen molar-refractivity contribution in [3.05, 3.63) is 24.2 Å². The zero-order chi connectivity index (χ0) is 19.1. The number of carbonyl (C=O) groups is 1. The Morgan fingerprint density at radius 3 is 2.74 bits per heavy atom. The third kappa shape index (κ3) is 3.38. The normalized spacial score (nSPS) is 25.4. The molecule has 2 aliphatic rings. The lowest BCUT2D eigenvalue weighted by molar-refractivity contribution is -0.124. The Balaban J connectivity index is 1.56. The highest BCUT2D eigenvalue weighted by molar-refractivity contribution is 5.88. The highest BCUT2D eigenvalue weighted by Gasteiger charge is 2.44.